The smallest absolute Gasteiger partial charge is 0.225 e. The number of anilines is 2. The molecule has 1 fully saturated rings. The van der Waals surface area contributed by atoms with Gasteiger partial charge in [-0.2, -0.15) is 4.98 Å². The summed E-state index contributed by atoms with van der Waals surface area (Å²) in [5, 5.41) is 7.41. The van der Waals surface area contributed by atoms with Crippen molar-refractivity contribution in [1.82, 2.24) is 15.3 Å². The Bertz CT molecular complexity index is 828. The SMILES string of the molecule is CSc1ccc(CNC2CCC(Nc3nc4c(c(N(C)C)n3)CCCC4)CC2)cc1. The van der Waals surface area contributed by atoms with E-state index in [-0.39, 0.29) is 0 Å². The third-order valence-electron chi connectivity index (χ3n) is 6.40. The highest BCUT2D eigenvalue weighted by Gasteiger charge is 2.23. The first kappa shape index (κ1) is 21.4. The Morgan fingerprint density at radius 1 is 0.967 bits per heavy atom. The molecule has 30 heavy (non-hydrogen) atoms. The number of hydrogen-bond donors (Lipinski definition) is 2. The van der Waals surface area contributed by atoms with Gasteiger partial charge < -0.3 is 15.5 Å². The monoisotopic (exact) mass is 425 g/mol. The van der Waals surface area contributed by atoms with Crippen molar-refractivity contribution < 1.29 is 0 Å². The van der Waals surface area contributed by atoms with Crippen molar-refractivity contribution in [3.8, 4) is 0 Å². The summed E-state index contributed by atoms with van der Waals surface area (Å²) in [7, 11) is 4.18. The van der Waals surface area contributed by atoms with Crippen LogP contribution in [-0.4, -0.2) is 42.4 Å². The van der Waals surface area contributed by atoms with E-state index in [2.05, 4.69) is 60.2 Å². The molecule has 5 nitrogen and oxygen atoms in total. The lowest BCUT2D eigenvalue weighted by Crippen LogP contribution is -2.37. The zero-order chi connectivity index (χ0) is 20.9. The number of nitrogens with zero attached hydrogens (tertiary/aromatic N) is 3. The van der Waals surface area contributed by atoms with Crippen molar-refractivity contribution in [3.63, 3.8) is 0 Å². The molecule has 2 aliphatic carbocycles. The lowest BCUT2D eigenvalue weighted by molar-refractivity contribution is 0.352. The van der Waals surface area contributed by atoms with Gasteiger partial charge in [0.1, 0.15) is 5.82 Å². The van der Waals surface area contributed by atoms with Gasteiger partial charge in [0.05, 0.1) is 5.69 Å². The molecule has 1 saturated carbocycles. The molecule has 6 heteroatoms. The fraction of sp³-hybridized carbons (Fsp3) is 0.583. The summed E-state index contributed by atoms with van der Waals surface area (Å²) in [6, 6.07) is 9.97. The predicted octanol–water partition coefficient (Wildman–Crippen LogP) is 4.66. The summed E-state index contributed by atoms with van der Waals surface area (Å²) in [5.74, 6) is 1.93. The van der Waals surface area contributed by atoms with E-state index in [1.54, 1.807) is 11.8 Å². The maximum Gasteiger partial charge on any atom is 0.225 e. The van der Waals surface area contributed by atoms with Crippen molar-refractivity contribution >= 4 is 23.5 Å². The zero-order valence-electron chi connectivity index (χ0n) is 18.6. The van der Waals surface area contributed by atoms with Gasteiger partial charge >= 0.3 is 0 Å². The first-order chi connectivity index (χ1) is 14.6. The van der Waals surface area contributed by atoms with Gasteiger partial charge in [-0.3, -0.25) is 0 Å². The maximum atomic E-state index is 4.89. The third-order valence-corrected chi connectivity index (χ3v) is 7.14. The Balaban J connectivity index is 1.30. The molecule has 1 aromatic heterocycles. The van der Waals surface area contributed by atoms with Crippen LogP contribution in [0.15, 0.2) is 29.2 Å². The normalized spacial score (nSPS) is 21.2. The highest BCUT2D eigenvalue weighted by Crippen LogP contribution is 2.29. The molecule has 0 saturated heterocycles. The zero-order valence-corrected chi connectivity index (χ0v) is 19.4. The van der Waals surface area contributed by atoms with E-state index in [9.17, 15) is 0 Å². The summed E-state index contributed by atoms with van der Waals surface area (Å²) in [5.41, 5.74) is 3.98. The number of aryl methyl sites for hydroxylation is 1. The van der Waals surface area contributed by atoms with E-state index in [4.69, 9.17) is 9.97 Å². The van der Waals surface area contributed by atoms with Crippen LogP contribution in [0.4, 0.5) is 11.8 Å². The third kappa shape index (κ3) is 5.27. The summed E-state index contributed by atoms with van der Waals surface area (Å²) >= 11 is 1.79. The lowest BCUT2D eigenvalue weighted by Gasteiger charge is -2.30. The van der Waals surface area contributed by atoms with Crippen LogP contribution in [0.2, 0.25) is 0 Å². The molecule has 4 rings (SSSR count). The van der Waals surface area contributed by atoms with Crippen molar-refractivity contribution in [1.29, 1.82) is 0 Å². The minimum atomic E-state index is 0.473. The topological polar surface area (TPSA) is 53.1 Å². The van der Waals surface area contributed by atoms with Gasteiger partial charge in [0, 0.05) is 43.2 Å². The van der Waals surface area contributed by atoms with Crippen molar-refractivity contribution in [2.24, 2.45) is 0 Å². The van der Waals surface area contributed by atoms with Gasteiger partial charge in [0.25, 0.3) is 0 Å². The van der Waals surface area contributed by atoms with Gasteiger partial charge in [-0.1, -0.05) is 12.1 Å². The quantitative estimate of drug-likeness (QED) is 0.630. The average Bonchev–Trinajstić information content (AvgIpc) is 2.78. The number of aromatic nitrogens is 2. The second-order valence-electron chi connectivity index (χ2n) is 8.82. The van der Waals surface area contributed by atoms with Gasteiger partial charge in [-0.05, 0) is 75.3 Å². The summed E-state index contributed by atoms with van der Waals surface area (Å²) < 4.78 is 0. The molecule has 2 N–H and O–H groups in total. The van der Waals surface area contributed by atoms with Gasteiger partial charge in [0.2, 0.25) is 5.95 Å². The van der Waals surface area contributed by atoms with E-state index in [0.717, 1.165) is 31.2 Å². The van der Waals surface area contributed by atoms with Crippen LogP contribution >= 0.6 is 11.8 Å². The van der Waals surface area contributed by atoms with E-state index in [1.807, 2.05) is 0 Å². The molecule has 0 aliphatic heterocycles. The molecule has 0 spiro atoms. The van der Waals surface area contributed by atoms with E-state index >= 15 is 0 Å². The molecule has 0 bridgehead atoms. The predicted molar refractivity (Wildman–Crippen MR) is 128 cm³/mol. The molecule has 2 aromatic rings. The second-order valence-corrected chi connectivity index (χ2v) is 9.70. The minimum Gasteiger partial charge on any atom is -0.362 e. The standard InChI is InChI=1S/C24H35N5S/c1-29(2)23-21-6-4-5-7-22(21)27-24(28-23)26-19-12-10-18(11-13-19)25-16-17-8-14-20(30-3)15-9-17/h8-9,14-15,18-19,25H,4-7,10-13,16H2,1-3H3,(H,26,27,28). The molecule has 1 aromatic carbocycles. The number of benzene rings is 1. The van der Waals surface area contributed by atoms with Crippen LogP contribution in [0.3, 0.4) is 0 Å². The van der Waals surface area contributed by atoms with Gasteiger partial charge in [0.15, 0.2) is 0 Å². The molecule has 0 unspecified atom stereocenters. The number of hydrogen-bond acceptors (Lipinski definition) is 6. The molecular formula is C24H35N5S. The summed E-state index contributed by atoms with van der Waals surface area (Å²) in [6.45, 7) is 0.956. The van der Waals surface area contributed by atoms with E-state index in [1.165, 1.54) is 60.2 Å². The molecule has 162 valence electrons. The van der Waals surface area contributed by atoms with Crippen LogP contribution in [0, 0.1) is 0 Å². The number of rotatable bonds is 7. The Kier molecular flexibility index (Phi) is 7.16. The van der Waals surface area contributed by atoms with Gasteiger partial charge in [-0.25, -0.2) is 4.98 Å². The molecular weight excluding hydrogens is 390 g/mol. The van der Waals surface area contributed by atoms with Crippen LogP contribution in [-0.2, 0) is 19.4 Å². The molecule has 0 radical (unpaired) electrons. The van der Waals surface area contributed by atoms with E-state index < -0.39 is 0 Å². The van der Waals surface area contributed by atoms with Crippen LogP contribution < -0.4 is 15.5 Å². The van der Waals surface area contributed by atoms with Crippen LogP contribution in [0.5, 0.6) is 0 Å². The van der Waals surface area contributed by atoms with Crippen molar-refractivity contribution in [3.05, 3.63) is 41.1 Å². The fourth-order valence-electron chi connectivity index (χ4n) is 4.64. The molecule has 0 atom stereocenters. The largest absolute Gasteiger partial charge is 0.362 e. The number of fused-ring (bicyclic) bond motifs is 1. The second kappa shape index (κ2) is 10.0. The Hall–Kier alpha value is -1.79. The minimum absolute atomic E-state index is 0.473. The Morgan fingerprint density at radius 2 is 1.67 bits per heavy atom. The van der Waals surface area contributed by atoms with Crippen LogP contribution in [0.25, 0.3) is 0 Å². The summed E-state index contributed by atoms with van der Waals surface area (Å²) in [6.07, 6.45) is 11.5. The number of nitrogens with one attached hydrogen (secondary N) is 2. The van der Waals surface area contributed by atoms with E-state index in [0.29, 0.717) is 12.1 Å². The molecule has 2 aliphatic rings. The van der Waals surface area contributed by atoms with Crippen molar-refractivity contribution in [2.75, 3.05) is 30.6 Å². The van der Waals surface area contributed by atoms with Crippen LogP contribution in [0.1, 0.15) is 55.3 Å². The highest BCUT2D eigenvalue weighted by atomic mass is 32.2. The average molecular weight is 426 g/mol. The molecule has 1 heterocycles. The maximum absolute atomic E-state index is 4.89. The lowest BCUT2D eigenvalue weighted by atomic mass is 9.91. The molecule has 0 amide bonds. The fourth-order valence-corrected chi connectivity index (χ4v) is 5.05. The summed E-state index contributed by atoms with van der Waals surface area (Å²) in [4.78, 5) is 13.2. The Morgan fingerprint density at radius 3 is 2.37 bits per heavy atom. The highest BCUT2D eigenvalue weighted by molar-refractivity contribution is 7.98. The first-order valence-corrected chi connectivity index (χ1v) is 12.5. The van der Waals surface area contributed by atoms with Crippen molar-refractivity contribution in [2.45, 2.75) is 74.9 Å². The number of thioether (sulfide) groups is 1. The first-order valence-electron chi connectivity index (χ1n) is 11.3. The van der Waals surface area contributed by atoms with Gasteiger partial charge in [-0.15, -0.1) is 11.8 Å². The Labute approximate surface area is 185 Å².